The summed E-state index contributed by atoms with van der Waals surface area (Å²) in [5.74, 6) is 0. The lowest BCUT2D eigenvalue weighted by Gasteiger charge is -2.05. The summed E-state index contributed by atoms with van der Waals surface area (Å²) >= 11 is 1.61. The third-order valence-electron chi connectivity index (χ3n) is 2.18. The Morgan fingerprint density at radius 2 is 2.25 bits per heavy atom. The molecule has 4 heteroatoms. The van der Waals surface area contributed by atoms with E-state index in [4.69, 9.17) is 4.74 Å². The largest absolute Gasteiger partial charge is 0.380 e. The SMILES string of the molecule is COCc1cccc(CNc2nccs2)c1. The summed E-state index contributed by atoms with van der Waals surface area (Å²) in [6.07, 6.45) is 1.80. The first kappa shape index (κ1) is 11.1. The van der Waals surface area contributed by atoms with Gasteiger partial charge >= 0.3 is 0 Å². The average molecular weight is 234 g/mol. The van der Waals surface area contributed by atoms with Gasteiger partial charge in [0.05, 0.1) is 6.61 Å². The second kappa shape index (κ2) is 5.63. The number of anilines is 1. The highest BCUT2D eigenvalue weighted by atomic mass is 32.1. The predicted octanol–water partition coefficient (Wildman–Crippen LogP) is 2.90. The number of methoxy groups -OCH3 is 1. The fourth-order valence-electron chi connectivity index (χ4n) is 1.48. The van der Waals surface area contributed by atoms with Gasteiger partial charge in [0, 0.05) is 25.2 Å². The Morgan fingerprint density at radius 3 is 3.00 bits per heavy atom. The fourth-order valence-corrected chi connectivity index (χ4v) is 2.01. The maximum Gasteiger partial charge on any atom is 0.182 e. The van der Waals surface area contributed by atoms with Crippen LogP contribution < -0.4 is 5.32 Å². The van der Waals surface area contributed by atoms with Gasteiger partial charge < -0.3 is 10.1 Å². The lowest BCUT2D eigenvalue weighted by molar-refractivity contribution is 0.185. The molecule has 3 nitrogen and oxygen atoms in total. The summed E-state index contributed by atoms with van der Waals surface area (Å²) in [5, 5.41) is 6.19. The van der Waals surface area contributed by atoms with Crippen LogP contribution in [0.5, 0.6) is 0 Å². The number of nitrogens with one attached hydrogen (secondary N) is 1. The van der Waals surface area contributed by atoms with E-state index >= 15 is 0 Å². The van der Waals surface area contributed by atoms with E-state index in [1.165, 1.54) is 11.1 Å². The van der Waals surface area contributed by atoms with Gasteiger partial charge in [-0.2, -0.15) is 0 Å². The van der Waals surface area contributed by atoms with Gasteiger partial charge in [0.2, 0.25) is 0 Å². The molecule has 0 radical (unpaired) electrons. The molecular weight excluding hydrogens is 220 g/mol. The van der Waals surface area contributed by atoms with Gasteiger partial charge in [-0.25, -0.2) is 4.98 Å². The molecule has 2 rings (SSSR count). The Labute approximate surface area is 99.1 Å². The number of hydrogen-bond acceptors (Lipinski definition) is 4. The van der Waals surface area contributed by atoms with Crippen LogP contribution in [-0.4, -0.2) is 12.1 Å². The Bertz CT molecular complexity index is 428. The molecule has 0 aliphatic heterocycles. The van der Waals surface area contributed by atoms with E-state index in [0.717, 1.165) is 11.7 Å². The summed E-state index contributed by atoms with van der Waals surface area (Å²) in [7, 11) is 1.71. The van der Waals surface area contributed by atoms with E-state index in [9.17, 15) is 0 Å². The molecule has 1 aromatic heterocycles. The summed E-state index contributed by atoms with van der Waals surface area (Å²) in [4.78, 5) is 4.17. The molecule has 1 aromatic carbocycles. The minimum atomic E-state index is 0.658. The van der Waals surface area contributed by atoms with E-state index in [1.54, 1.807) is 24.6 Å². The minimum Gasteiger partial charge on any atom is -0.380 e. The van der Waals surface area contributed by atoms with Crippen molar-refractivity contribution in [3.63, 3.8) is 0 Å². The van der Waals surface area contributed by atoms with Gasteiger partial charge in [0.25, 0.3) is 0 Å². The highest BCUT2D eigenvalue weighted by Gasteiger charge is 1.97. The molecule has 2 aromatic rings. The number of ether oxygens (including phenoxy) is 1. The van der Waals surface area contributed by atoms with Gasteiger partial charge in [-0.3, -0.25) is 0 Å². The quantitative estimate of drug-likeness (QED) is 0.863. The van der Waals surface area contributed by atoms with Crippen LogP contribution in [0.25, 0.3) is 0 Å². The van der Waals surface area contributed by atoms with Gasteiger partial charge in [-0.05, 0) is 11.1 Å². The van der Waals surface area contributed by atoms with Crippen LogP contribution in [0, 0.1) is 0 Å². The third kappa shape index (κ3) is 3.05. The summed E-state index contributed by atoms with van der Waals surface area (Å²) in [6, 6.07) is 8.35. The fraction of sp³-hybridized carbons (Fsp3) is 0.250. The molecule has 0 bridgehead atoms. The van der Waals surface area contributed by atoms with Crippen molar-refractivity contribution in [1.82, 2.24) is 4.98 Å². The number of benzene rings is 1. The van der Waals surface area contributed by atoms with E-state index in [1.807, 2.05) is 11.4 Å². The standard InChI is InChI=1S/C12H14N2OS/c1-15-9-11-4-2-3-10(7-11)8-14-12-13-5-6-16-12/h2-7H,8-9H2,1H3,(H,13,14). The van der Waals surface area contributed by atoms with E-state index < -0.39 is 0 Å². The normalized spacial score (nSPS) is 10.3. The topological polar surface area (TPSA) is 34.1 Å². The summed E-state index contributed by atoms with van der Waals surface area (Å²) in [5.41, 5.74) is 2.44. The van der Waals surface area contributed by atoms with Crippen molar-refractivity contribution < 1.29 is 4.74 Å². The number of thiazole rings is 1. The Morgan fingerprint density at radius 1 is 1.38 bits per heavy atom. The van der Waals surface area contributed by atoms with Crippen molar-refractivity contribution >= 4 is 16.5 Å². The number of hydrogen-bond donors (Lipinski definition) is 1. The lowest BCUT2D eigenvalue weighted by atomic mass is 10.1. The maximum atomic E-state index is 5.10. The summed E-state index contributed by atoms with van der Waals surface area (Å²) < 4.78 is 5.10. The molecule has 0 unspecified atom stereocenters. The molecule has 1 heterocycles. The Kier molecular flexibility index (Phi) is 3.91. The first-order valence-corrected chi connectivity index (χ1v) is 5.96. The molecule has 1 N–H and O–H groups in total. The van der Waals surface area contributed by atoms with Crippen LogP contribution in [0.4, 0.5) is 5.13 Å². The second-order valence-corrected chi connectivity index (χ2v) is 4.34. The van der Waals surface area contributed by atoms with Crippen molar-refractivity contribution in [2.24, 2.45) is 0 Å². The van der Waals surface area contributed by atoms with Gasteiger partial charge in [-0.15, -0.1) is 11.3 Å². The number of nitrogens with zero attached hydrogens (tertiary/aromatic N) is 1. The van der Waals surface area contributed by atoms with Crippen LogP contribution in [0.1, 0.15) is 11.1 Å². The molecule has 16 heavy (non-hydrogen) atoms. The highest BCUT2D eigenvalue weighted by Crippen LogP contribution is 2.13. The first-order valence-electron chi connectivity index (χ1n) is 5.08. The highest BCUT2D eigenvalue weighted by molar-refractivity contribution is 7.13. The minimum absolute atomic E-state index is 0.658. The van der Waals surface area contributed by atoms with Crippen LogP contribution in [-0.2, 0) is 17.9 Å². The van der Waals surface area contributed by atoms with E-state index in [2.05, 4.69) is 28.5 Å². The Balaban J connectivity index is 1.96. The zero-order chi connectivity index (χ0) is 11.2. The lowest BCUT2D eigenvalue weighted by Crippen LogP contribution is -1.99. The van der Waals surface area contributed by atoms with Gasteiger partial charge in [0.1, 0.15) is 0 Å². The van der Waals surface area contributed by atoms with Crippen LogP contribution in [0.3, 0.4) is 0 Å². The van der Waals surface area contributed by atoms with E-state index in [-0.39, 0.29) is 0 Å². The molecule has 0 aliphatic rings. The van der Waals surface area contributed by atoms with Crippen LogP contribution in [0.2, 0.25) is 0 Å². The molecule has 0 atom stereocenters. The van der Waals surface area contributed by atoms with Crippen molar-refractivity contribution in [3.05, 3.63) is 47.0 Å². The molecule has 0 aliphatic carbocycles. The maximum absolute atomic E-state index is 5.10. The number of aromatic nitrogens is 1. The molecule has 0 saturated carbocycles. The zero-order valence-corrected chi connectivity index (χ0v) is 9.96. The smallest absolute Gasteiger partial charge is 0.182 e. The average Bonchev–Trinajstić information content (AvgIpc) is 2.80. The van der Waals surface area contributed by atoms with E-state index in [0.29, 0.717) is 6.61 Å². The molecule has 0 saturated heterocycles. The molecule has 84 valence electrons. The third-order valence-corrected chi connectivity index (χ3v) is 2.91. The number of rotatable bonds is 5. The Hall–Kier alpha value is -1.39. The predicted molar refractivity (Wildman–Crippen MR) is 66.6 cm³/mol. The van der Waals surface area contributed by atoms with Crippen molar-refractivity contribution in [2.45, 2.75) is 13.2 Å². The van der Waals surface area contributed by atoms with Crippen molar-refractivity contribution in [2.75, 3.05) is 12.4 Å². The van der Waals surface area contributed by atoms with Crippen molar-refractivity contribution in [1.29, 1.82) is 0 Å². The van der Waals surface area contributed by atoms with Gasteiger partial charge in [-0.1, -0.05) is 24.3 Å². The summed E-state index contributed by atoms with van der Waals surface area (Å²) in [6.45, 7) is 1.45. The van der Waals surface area contributed by atoms with Gasteiger partial charge in [0.15, 0.2) is 5.13 Å². The second-order valence-electron chi connectivity index (χ2n) is 3.44. The molecule has 0 spiro atoms. The first-order chi connectivity index (χ1) is 7.88. The molecule has 0 fully saturated rings. The van der Waals surface area contributed by atoms with Crippen LogP contribution in [0.15, 0.2) is 35.8 Å². The van der Waals surface area contributed by atoms with Crippen LogP contribution >= 0.6 is 11.3 Å². The van der Waals surface area contributed by atoms with Crippen molar-refractivity contribution in [3.8, 4) is 0 Å². The molecule has 0 amide bonds. The zero-order valence-electron chi connectivity index (χ0n) is 9.14. The monoisotopic (exact) mass is 234 g/mol. The molecular formula is C12H14N2OS.